The Morgan fingerprint density at radius 2 is 1.80 bits per heavy atom. The third kappa shape index (κ3) is 3.98. The molecule has 1 aromatic rings. The van der Waals surface area contributed by atoms with Gasteiger partial charge in [0.15, 0.2) is 6.10 Å². The standard InChI is InChI=1S/C15H21NO4/c1-8-6-9(2)10(3)13(7-8)20-12(5)14(17)16-11(4)15(18)19/h6-7,11-12H,1-5H3,(H,16,17)(H,18,19). The summed E-state index contributed by atoms with van der Waals surface area (Å²) < 4.78 is 5.64. The average molecular weight is 279 g/mol. The van der Waals surface area contributed by atoms with Crippen LogP contribution in [0, 0.1) is 20.8 Å². The Morgan fingerprint density at radius 3 is 2.35 bits per heavy atom. The molecule has 1 amide bonds. The van der Waals surface area contributed by atoms with Crippen molar-refractivity contribution in [2.24, 2.45) is 0 Å². The van der Waals surface area contributed by atoms with Crippen molar-refractivity contribution in [3.63, 3.8) is 0 Å². The summed E-state index contributed by atoms with van der Waals surface area (Å²) in [5.41, 5.74) is 3.11. The second kappa shape index (κ2) is 6.41. The van der Waals surface area contributed by atoms with E-state index in [0.29, 0.717) is 5.75 Å². The maximum Gasteiger partial charge on any atom is 0.325 e. The number of amides is 1. The fourth-order valence-electron chi connectivity index (χ4n) is 1.76. The SMILES string of the molecule is Cc1cc(C)c(C)c(OC(C)C(=O)NC(C)C(=O)O)c1. The Labute approximate surface area is 118 Å². The van der Waals surface area contributed by atoms with Crippen molar-refractivity contribution >= 4 is 11.9 Å². The molecule has 0 aromatic heterocycles. The topological polar surface area (TPSA) is 75.6 Å². The van der Waals surface area contributed by atoms with Crippen molar-refractivity contribution in [3.05, 3.63) is 28.8 Å². The van der Waals surface area contributed by atoms with Crippen molar-refractivity contribution in [1.29, 1.82) is 0 Å². The number of rotatable bonds is 5. The number of ether oxygens (including phenoxy) is 1. The van der Waals surface area contributed by atoms with E-state index in [1.807, 2.05) is 32.9 Å². The molecule has 0 fully saturated rings. The molecule has 1 rings (SSSR count). The molecule has 0 heterocycles. The van der Waals surface area contributed by atoms with Gasteiger partial charge < -0.3 is 15.2 Å². The van der Waals surface area contributed by atoms with Gasteiger partial charge in [-0.1, -0.05) is 6.07 Å². The number of carbonyl (C=O) groups is 2. The minimum absolute atomic E-state index is 0.446. The van der Waals surface area contributed by atoms with Gasteiger partial charge in [-0.2, -0.15) is 0 Å². The van der Waals surface area contributed by atoms with Gasteiger partial charge in [-0.15, -0.1) is 0 Å². The third-order valence-electron chi connectivity index (χ3n) is 3.17. The molecule has 0 saturated carbocycles. The zero-order valence-electron chi connectivity index (χ0n) is 12.5. The predicted octanol–water partition coefficient (Wildman–Crippen LogP) is 1.97. The minimum atomic E-state index is -1.08. The van der Waals surface area contributed by atoms with E-state index in [2.05, 4.69) is 5.32 Å². The average Bonchev–Trinajstić information content (AvgIpc) is 2.34. The second-order valence-corrected chi connectivity index (χ2v) is 5.03. The largest absolute Gasteiger partial charge is 0.481 e. The number of hydrogen-bond donors (Lipinski definition) is 2. The van der Waals surface area contributed by atoms with Crippen LogP contribution in [0.25, 0.3) is 0 Å². The summed E-state index contributed by atoms with van der Waals surface area (Å²) in [6.45, 7) is 8.87. The molecule has 110 valence electrons. The van der Waals surface area contributed by atoms with E-state index in [1.165, 1.54) is 6.92 Å². The van der Waals surface area contributed by atoms with Crippen LogP contribution in [0.4, 0.5) is 0 Å². The molecular formula is C15H21NO4. The first kappa shape index (κ1) is 16.0. The molecule has 0 saturated heterocycles. The van der Waals surface area contributed by atoms with Crippen molar-refractivity contribution in [1.82, 2.24) is 5.32 Å². The quantitative estimate of drug-likeness (QED) is 0.864. The van der Waals surface area contributed by atoms with Crippen LogP contribution in [0.5, 0.6) is 5.75 Å². The van der Waals surface area contributed by atoms with Gasteiger partial charge in [0, 0.05) is 0 Å². The first-order chi connectivity index (χ1) is 9.22. The lowest BCUT2D eigenvalue weighted by Gasteiger charge is -2.19. The van der Waals surface area contributed by atoms with E-state index in [9.17, 15) is 9.59 Å². The highest BCUT2D eigenvalue weighted by Crippen LogP contribution is 2.24. The molecular weight excluding hydrogens is 258 g/mol. The Balaban J connectivity index is 2.78. The molecule has 0 radical (unpaired) electrons. The van der Waals surface area contributed by atoms with E-state index < -0.39 is 24.0 Å². The van der Waals surface area contributed by atoms with E-state index in [4.69, 9.17) is 9.84 Å². The zero-order chi connectivity index (χ0) is 15.4. The summed E-state index contributed by atoms with van der Waals surface area (Å²) in [7, 11) is 0. The number of carboxylic acids is 1. The Hall–Kier alpha value is -2.04. The summed E-state index contributed by atoms with van der Waals surface area (Å²) in [6, 6.07) is 2.97. The molecule has 0 aliphatic carbocycles. The summed E-state index contributed by atoms with van der Waals surface area (Å²) in [4.78, 5) is 22.5. The lowest BCUT2D eigenvalue weighted by atomic mass is 10.1. The number of aryl methyl sites for hydroxylation is 2. The third-order valence-corrected chi connectivity index (χ3v) is 3.17. The maximum absolute atomic E-state index is 11.8. The number of benzene rings is 1. The fourth-order valence-corrected chi connectivity index (χ4v) is 1.76. The Bertz CT molecular complexity index is 525. The smallest absolute Gasteiger partial charge is 0.325 e. The molecule has 0 spiro atoms. The van der Waals surface area contributed by atoms with Crippen molar-refractivity contribution in [2.75, 3.05) is 0 Å². The monoisotopic (exact) mass is 279 g/mol. The van der Waals surface area contributed by atoms with Crippen LogP contribution in [-0.4, -0.2) is 29.1 Å². The fraction of sp³-hybridized carbons (Fsp3) is 0.467. The van der Waals surface area contributed by atoms with Gasteiger partial charge in [-0.25, -0.2) is 0 Å². The van der Waals surface area contributed by atoms with Crippen molar-refractivity contribution in [3.8, 4) is 5.75 Å². The summed E-state index contributed by atoms with van der Waals surface area (Å²) >= 11 is 0. The van der Waals surface area contributed by atoms with Gasteiger partial charge in [0.2, 0.25) is 0 Å². The molecule has 5 heteroatoms. The number of aliphatic carboxylic acids is 1. The van der Waals surface area contributed by atoms with Crippen LogP contribution in [0.1, 0.15) is 30.5 Å². The van der Waals surface area contributed by atoms with E-state index in [-0.39, 0.29) is 0 Å². The van der Waals surface area contributed by atoms with Gasteiger partial charge in [0.1, 0.15) is 11.8 Å². The van der Waals surface area contributed by atoms with Crippen molar-refractivity contribution in [2.45, 2.75) is 46.8 Å². The Kier molecular flexibility index (Phi) is 5.13. The highest BCUT2D eigenvalue weighted by Gasteiger charge is 2.21. The molecule has 2 atom stereocenters. The van der Waals surface area contributed by atoms with Crippen LogP contribution < -0.4 is 10.1 Å². The van der Waals surface area contributed by atoms with Crippen LogP contribution in [0.2, 0.25) is 0 Å². The molecule has 5 nitrogen and oxygen atoms in total. The summed E-state index contributed by atoms with van der Waals surface area (Å²) in [6.07, 6.45) is -0.753. The van der Waals surface area contributed by atoms with Gasteiger partial charge >= 0.3 is 5.97 Å². The zero-order valence-corrected chi connectivity index (χ0v) is 12.5. The van der Waals surface area contributed by atoms with Crippen LogP contribution >= 0.6 is 0 Å². The van der Waals surface area contributed by atoms with Crippen LogP contribution in [0.3, 0.4) is 0 Å². The molecule has 2 N–H and O–H groups in total. The lowest BCUT2D eigenvalue weighted by molar-refractivity contribution is -0.142. The highest BCUT2D eigenvalue weighted by atomic mass is 16.5. The molecule has 1 aromatic carbocycles. The predicted molar refractivity (Wildman–Crippen MR) is 76.0 cm³/mol. The van der Waals surface area contributed by atoms with Crippen LogP contribution in [-0.2, 0) is 9.59 Å². The Morgan fingerprint density at radius 1 is 1.20 bits per heavy atom. The van der Waals surface area contributed by atoms with E-state index >= 15 is 0 Å². The summed E-state index contributed by atoms with van der Waals surface area (Å²) in [5.74, 6) is -0.875. The number of hydrogen-bond acceptors (Lipinski definition) is 3. The molecule has 0 aliphatic heterocycles. The first-order valence-corrected chi connectivity index (χ1v) is 6.50. The van der Waals surface area contributed by atoms with Gasteiger partial charge in [0.25, 0.3) is 5.91 Å². The van der Waals surface area contributed by atoms with Gasteiger partial charge in [0.05, 0.1) is 0 Å². The van der Waals surface area contributed by atoms with E-state index in [0.717, 1.165) is 16.7 Å². The molecule has 20 heavy (non-hydrogen) atoms. The molecule has 2 unspecified atom stereocenters. The van der Waals surface area contributed by atoms with Gasteiger partial charge in [-0.05, 0) is 57.4 Å². The summed E-state index contributed by atoms with van der Waals surface area (Å²) in [5, 5.41) is 11.1. The molecule has 0 aliphatic rings. The minimum Gasteiger partial charge on any atom is -0.481 e. The number of carboxylic acid groups (broad SMARTS) is 1. The van der Waals surface area contributed by atoms with Gasteiger partial charge in [-0.3, -0.25) is 9.59 Å². The van der Waals surface area contributed by atoms with E-state index in [1.54, 1.807) is 6.92 Å². The highest BCUT2D eigenvalue weighted by molar-refractivity contribution is 5.86. The first-order valence-electron chi connectivity index (χ1n) is 6.50. The number of carbonyl (C=O) groups excluding carboxylic acids is 1. The maximum atomic E-state index is 11.8. The number of nitrogens with one attached hydrogen (secondary N) is 1. The lowest BCUT2D eigenvalue weighted by Crippen LogP contribution is -2.44. The second-order valence-electron chi connectivity index (χ2n) is 5.03. The van der Waals surface area contributed by atoms with Crippen LogP contribution in [0.15, 0.2) is 12.1 Å². The normalized spacial score (nSPS) is 13.4. The van der Waals surface area contributed by atoms with Crippen molar-refractivity contribution < 1.29 is 19.4 Å². The molecule has 0 bridgehead atoms.